The minimum atomic E-state index is -0.867. The Morgan fingerprint density at radius 3 is 2.82 bits per heavy atom. The standard InChI is InChI=1S/C15H24O2/c1-6-15(5,16)10-14-9-12(4)8-13(17-14)7-11(2)3/h6-7,9,13-14,16H,1,8,10H2,2-5H3/t13-,14+,15+/m1/s1. The average Bonchev–Trinajstić information content (AvgIpc) is 2.14. The number of rotatable bonds is 4. The maximum absolute atomic E-state index is 9.99. The Balaban J connectivity index is 2.72. The molecule has 0 saturated carbocycles. The lowest BCUT2D eigenvalue weighted by molar-refractivity contribution is -0.0158. The lowest BCUT2D eigenvalue weighted by Gasteiger charge is -2.31. The van der Waals surface area contributed by atoms with E-state index < -0.39 is 5.60 Å². The molecule has 0 unspecified atom stereocenters. The molecule has 1 N–H and O–H groups in total. The first-order valence-corrected chi connectivity index (χ1v) is 6.16. The van der Waals surface area contributed by atoms with E-state index in [1.54, 1.807) is 13.0 Å². The minimum Gasteiger partial charge on any atom is -0.386 e. The molecule has 1 aliphatic rings. The fourth-order valence-corrected chi connectivity index (χ4v) is 2.08. The van der Waals surface area contributed by atoms with E-state index in [1.165, 1.54) is 11.1 Å². The topological polar surface area (TPSA) is 29.5 Å². The van der Waals surface area contributed by atoms with Gasteiger partial charge >= 0.3 is 0 Å². The van der Waals surface area contributed by atoms with Crippen LogP contribution in [0.2, 0.25) is 0 Å². The molecule has 2 nitrogen and oxygen atoms in total. The first kappa shape index (κ1) is 14.2. The molecule has 0 fully saturated rings. The molecule has 1 heterocycles. The summed E-state index contributed by atoms with van der Waals surface area (Å²) in [5, 5.41) is 9.99. The fourth-order valence-electron chi connectivity index (χ4n) is 2.08. The van der Waals surface area contributed by atoms with Gasteiger partial charge in [-0.25, -0.2) is 0 Å². The number of hydrogen-bond donors (Lipinski definition) is 1. The van der Waals surface area contributed by atoms with Crippen LogP contribution in [0.5, 0.6) is 0 Å². The zero-order chi connectivity index (χ0) is 13.1. The van der Waals surface area contributed by atoms with Gasteiger partial charge in [0.1, 0.15) is 0 Å². The monoisotopic (exact) mass is 236 g/mol. The Bertz CT molecular complexity index is 333. The summed E-state index contributed by atoms with van der Waals surface area (Å²) in [5.41, 5.74) is 1.72. The van der Waals surface area contributed by atoms with Crippen LogP contribution >= 0.6 is 0 Å². The van der Waals surface area contributed by atoms with Crippen LogP contribution < -0.4 is 0 Å². The Labute approximate surface area is 105 Å². The molecule has 1 aliphatic heterocycles. The Morgan fingerprint density at radius 2 is 2.29 bits per heavy atom. The molecule has 0 spiro atoms. The highest BCUT2D eigenvalue weighted by molar-refractivity contribution is 5.14. The first-order valence-electron chi connectivity index (χ1n) is 6.16. The molecule has 0 aromatic heterocycles. The summed E-state index contributed by atoms with van der Waals surface area (Å²) in [5.74, 6) is 0. The highest BCUT2D eigenvalue weighted by Gasteiger charge is 2.26. The van der Waals surface area contributed by atoms with Gasteiger partial charge in [-0.1, -0.05) is 29.4 Å². The summed E-state index contributed by atoms with van der Waals surface area (Å²) in [7, 11) is 0. The quantitative estimate of drug-likeness (QED) is 0.758. The van der Waals surface area contributed by atoms with Crippen molar-refractivity contribution in [3.05, 3.63) is 36.0 Å². The highest BCUT2D eigenvalue weighted by Crippen LogP contribution is 2.26. The van der Waals surface area contributed by atoms with Crippen LogP contribution in [0.3, 0.4) is 0 Å². The third-order valence-electron chi connectivity index (χ3n) is 2.92. The first-order chi connectivity index (χ1) is 7.82. The summed E-state index contributed by atoms with van der Waals surface area (Å²) in [4.78, 5) is 0. The third kappa shape index (κ3) is 4.88. The number of ether oxygens (including phenoxy) is 1. The molecular formula is C15H24O2. The van der Waals surface area contributed by atoms with E-state index in [-0.39, 0.29) is 12.2 Å². The maximum atomic E-state index is 9.99. The summed E-state index contributed by atoms with van der Waals surface area (Å²) >= 11 is 0. The number of hydrogen-bond acceptors (Lipinski definition) is 2. The molecule has 0 aromatic rings. The van der Waals surface area contributed by atoms with Crippen molar-refractivity contribution in [3.63, 3.8) is 0 Å². The third-order valence-corrected chi connectivity index (χ3v) is 2.92. The van der Waals surface area contributed by atoms with Gasteiger partial charge in [-0.3, -0.25) is 0 Å². The zero-order valence-corrected chi connectivity index (χ0v) is 11.4. The molecular weight excluding hydrogens is 212 g/mol. The smallest absolute Gasteiger partial charge is 0.0824 e. The molecule has 0 bridgehead atoms. The summed E-state index contributed by atoms with van der Waals surface area (Å²) in [6, 6.07) is 0. The van der Waals surface area contributed by atoms with Crippen LogP contribution in [-0.2, 0) is 4.74 Å². The minimum absolute atomic E-state index is 0.0302. The Hall–Kier alpha value is -0.860. The van der Waals surface area contributed by atoms with Crippen molar-refractivity contribution < 1.29 is 9.84 Å². The van der Waals surface area contributed by atoms with Crippen molar-refractivity contribution >= 4 is 0 Å². The van der Waals surface area contributed by atoms with Crippen LogP contribution in [0.1, 0.15) is 40.5 Å². The molecule has 17 heavy (non-hydrogen) atoms. The predicted molar refractivity (Wildman–Crippen MR) is 71.9 cm³/mol. The summed E-state index contributed by atoms with van der Waals surface area (Å²) in [6.07, 6.45) is 7.43. The van der Waals surface area contributed by atoms with E-state index in [0.717, 1.165) is 6.42 Å². The van der Waals surface area contributed by atoms with Gasteiger partial charge in [-0.2, -0.15) is 0 Å². The van der Waals surface area contributed by atoms with Gasteiger partial charge in [0.15, 0.2) is 0 Å². The summed E-state index contributed by atoms with van der Waals surface area (Å²) < 4.78 is 5.94. The van der Waals surface area contributed by atoms with Crippen LogP contribution in [0.15, 0.2) is 36.0 Å². The van der Waals surface area contributed by atoms with Crippen molar-refractivity contribution in [2.45, 2.75) is 58.3 Å². The molecule has 0 aromatic carbocycles. The Morgan fingerprint density at radius 1 is 1.65 bits per heavy atom. The van der Waals surface area contributed by atoms with Crippen LogP contribution in [0, 0.1) is 0 Å². The van der Waals surface area contributed by atoms with E-state index >= 15 is 0 Å². The van der Waals surface area contributed by atoms with Crippen LogP contribution in [0.25, 0.3) is 0 Å². The van der Waals surface area contributed by atoms with E-state index in [2.05, 4.69) is 39.5 Å². The fraction of sp³-hybridized carbons (Fsp3) is 0.600. The SMILES string of the molecule is C=C[C@](C)(O)C[C@@H]1C=C(C)C[C@@H](C=C(C)C)O1. The average molecular weight is 236 g/mol. The normalized spacial score (nSPS) is 27.9. The van der Waals surface area contributed by atoms with Crippen molar-refractivity contribution in [3.8, 4) is 0 Å². The molecule has 1 rings (SSSR count). The van der Waals surface area contributed by atoms with Crippen molar-refractivity contribution in [1.82, 2.24) is 0 Å². The second kappa shape index (κ2) is 5.65. The van der Waals surface area contributed by atoms with E-state index in [1.807, 2.05) is 0 Å². The van der Waals surface area contributed by atoms with Crippen molar-refractivity contribution in [2.24, 2.45) is 0 Å². The Kier molecular flexibility index (Phi) is 4.72. The lowest BCUT2D eigenvalue weighted by Crippen LogP contribution is -2.32. The largest absolute Gasteiger partial charge is 0.386 e. The molecule has 2 heteroatoms. The van der Waals surface area contributed by atoms with E-state index in [0.29, 0.717) is 6.42 Å². The lowest BCUT2D eigenvalue weighted by atomic mass is 9.94. The van der Waals surface area contributed by atoms with Gasteiger partial charge in [0.2, 0.25) is 0 Å². The number of allylic oxidation sites excluding steroid dienone is 1. The second-order valence-corrected chi connectivity index (χ2v) is 5.44. The van der Waals surface area contributed by atoms with Crippen LogP contribution in [-0.4, -0.2) is 22.9 Å². The molecule has 0 amide bonds. The highest BCUT2D eigenvalue weighted by atomic mass is 16.5. The van der Waals surface area contributed by atoms with Gasteiger partial charge < -0.3 is 9.84 Å². The van der Waals surface area contributed by atoms with Gasteiger partial charge in [0, 0.05) is 6.42 Å². The zero-order valence-electron chi connectivity index (χ0n) is 11.4. The molecule has 0 aliphatic carbocycles. The molecule has 3 atom stereocenters. The van der Waals surface area contributed by atoms with Gasteiger partial charge in [-0.15, -0.1) is 6.58 Å². The van der Waals surface area contributed by atoms with Crippen LogP contribution in [0.4, 0.5) is 0 Å². The van der Waals surface area contributed by atoms with Gasteiger partial charge in [-0.05, 0) is 34.1 Å². The molecule has 0 saturated heterocycles. The number of aliphatic hydroxyl groups is 1. The molecule has 96 valence electrons. The van der Waals surface area contributed by atoms with E-state index in [4.69, 9.17) is 4.74 Å². The van der Waals surface area contributed by atoms with Gasteiger partial charge in [0.25, 0.3) is 0 Å². The van der Waals surface area contributed by atoms with Crippen molar-refractivity contribution in [2.75, 3.05) is 0 Å². The second-order valence-electron chi connectivity index (χ2n) is 5.44. The van der Waals surface area contributed by atoms with E-state index in [9.17, 15) is 5.11 Å². The predicted octanol–water partition coefficient (Wildman–Crippen LogP) is 3.38. The molecule has 0 radical (unpaired) electrons. The van der Waals surface area contributed by atoms with Gasteiger partial charge in [0.05, 0.1) is 17.8 Å². The van der Waals surface area contributed by atoms with Crippen molar-refractivity contribution in [1.29, 1.82) is 0 Å². The maximum Gasteiger partial charge on any atom is 0.0824 e. The summed E-state index contributed by atoms with van der Waals surface area (Å²) in [6.45, 7) is 11.7.